The first-order valence-corrected chi connectivity index (χ1v) is 21.0. The predicted octanol–water partition coefficient (Wildman–Crippen LogP) is 8.01. The molecule has 2 aliphatic carbocycles. The molecule has 2 unspecified atom stereocenters. The first kappa shape index (κ1) is 42.7. The number of benzene rings is 4. The highest BCUT2D eigenvalue weighted by atomic mass is 16.5. The topological polar surface area (TPSA) is 175 Å². The van der Waals surface area contributed by atoms with Crippen molar-refractivity contribution in [3.63, 3.8) is 0 Å². The second kappa shape index (κ2) is 18.1. The second-order valence-electron chi connectivity index (χ2n) is 16.9. The number of aryl methyl sites for hydroxylation is 4. The van der Waals surface area contributed by atoms with Crippen LogP contribution in [0.4, 0.5) is 0 Å². The molecule has 316 valence electrons. The fourth-order valence-electron chi connectivity index (χ4n) is 8.11. The normalized spacial score (nSPS) is 18.5. The smallest absolute Gasteiger partial charge is 0.248 e. The van der Waals surface area contributed by atoms with Crippen LogP contribution in [0.1, 0.15) is 80.8 Å². The number of nitrogens with zero attached hydrogens (tertiary/aromatic N) is 4. The van der Waals surface area contributed by atoms with E-state index in [0.717, 1.165) is 89.1 Å². The van der Waals surface area contributed by atoms with Crippen molar-refractivity contribution in [3.8, 4) is 57.3 Å². The van der Waals surface area contributed by atoms with Crippen LogP contribution in [0.3, 0.4) is 0 Å². The Balaban J connectivity index is 0.000000182. The highest BCUT2D eigenvalue weighted by Crippen LogP contribution is 2.35. The van der Waals surface area contributed by atoms with Crippen LogP contribution in [-0.2, 0) is 25.7 Å². The van der Waals surface area contributed by atoms with Gasteiger partial charge in [0.25, 0.3) is 0 Å². The maximum absolute atomic E-state index is 9.99. The predicted molar refractivity (Wildman–Crippen MR) is 233 cm³/mol. The summed E-state index contributed by atoms with van der Waals surface area (Å²) in [6.07, 6.45) is 5.22. The van der Waals surface area contributed by atoms with Gasteiger partial charge in [0, 0.05) is 33.3 Å². The molecule has 2 aromatic heterocycles. The Kier molecular flexibility index (Phi) is 12.9. The van der Waals surface area contributed by atoms with Gasteiger partial charge in [-0.1, -0.05) is 19.1 Å². The van der Waals surface area contributed by atoms with Crippen molar-refractivity contribution in [2.45, 2.75) is 110 Å². The van der Waals surface area contributed by atoms with Gasteiger partial charge in [-0.3, -0.25) is 0 Å². The van der Waals surface area contributed by atoms with Crippen molar-refractivity contribution >= 4 is 0 Å². The molecular weight excluding hydrogens is 757 g/mol. The minimum Gasteiger partial charge on any atom is -0.491 e. The molecule has 4 aromatic carbocycles. The maximum Gasteiger partial charge on any atom is 0.248 e. The summed E-state index contributed by atoms with van der Waals surface area (Å²) in [5.41, 5.74) is 16.0. The van der Waals surface area contributed by atoms with E-state index in [9.17, 15) is 10.2 Å². The zero-order chi connectivity index (χ0) is 42.6. The lowest BCUT2D eigenvalue weighted by Gasteiger charge is -2.37. The molecule has 0 spiro atoms. The molecule has 0 radical (unpaired) electrons. The lowest BCUT2D eigenvalue weighted by Crippen LogP contribution is -2.52. The third kappa shape index (κ3) is 9.63. The number of ether oxygens (including phenoxy) is 2. The number of rotatable bonds is 12. The van der Waals surface area contributed by atoms with Crippen LogP contribution in [0.15, 0.2) is 81.6 Å². The molecule has 6 aromatic rings. The van der Waals surface area contributed by atoms with E-state index >= 15 is 0 Å². The molecular formula is C48H58N6O6. The summed E-state index contributed by atoms with van der Waals surface area (Å²) >= 11 is 0. The number of aromatic nitrogens is 4. The summed E-state index contributed by atoms with van der Waals surface area (Å²) in [6, 6.07) is 24.2. The molecule has 0 aliphatic heterocycles. The molecule has 2 heterocycles. The van der Waals surface area contributed by atoms with Gasteiger partial charge in [0.2, 0.25) is 23.6 Å². The summed E-state index contributed by atoms with van der Waals surface area (Å²) in [5.74, 6) is 3.65. The zero-order valence-electron chi connectivity index (χ0n) is 35.8. The Bertz CT molecular complexity index is 2420. The van der Waals surface area contributed by atoms with Crippen LogP contribution in [0.25, 0.3) is 45.8 Å². The largest absolute Gasteiger partial charge is 0.491 e. The summed E-state index contributed by atoms with van der Waals surface area (Å²) in [7, 11) is 0. The lowest BCUT2D eigenvalue weighted by atomic mass is 9.78. The van der Waals surface area contributed by atoms with Crippen LogP contribution in [0.2, 0.25) is 0 Å². The minimum atomic E-state index is -0.553. The molecule has 0 saturated heterocycles. The Morgan fingerprint density at radius 3 is 1.47 bits per heavy atom. The van der Waals surface area contributed by atoms with Gasteiger partial charge < -0.3 is 39.6 Å². The fraction of sp³-hybridized carbons (Fsp3) is 0.417. The number of nitrogens with one attached hydrogen (secondary N) is 1. The Morgan fingerprint density at radius 1 is 0.617 bits per heavy atom. The summed E-state index contributed by atoms with van der Waals surface area (Å²) in [5, 5.41) is 40.1. The number of fused-ring (bicyclic) bond motifs is 2. The molecule has 2 aliphatic rings. The van der Waals surface area contributed by atoms with Crippen molar-refractivity contribution < 1.29 is 28.5 Å². The molecule has 12 heteroatoms. The Morgan fingerprint density at radius 2 is 1.05 bits per heavy atom. The van der Waals surface area contributed by atoms with E-state index in [1.54, 1.807) is 0 Å². The highest BCUT2D eigenvalue weighted by Gasteiger charge is 2.33. The van der Waals surface area contributed by atoms with Crippen LogP contribution < -0.4 is 20.5 Å². The van der Waals surface area contributed by atoms with E-state index in [4.69, 9.17) is 24.0 Å². The number of nitrogens with two attached hydrogens (primary N) is 1. The number of likely N-dealkylation sites (N-methyl/N-ethyl adjacent to an activating group) is 1. The van der Waals surface area contributed by atoms with Gasteiger partial charge in [0.1, 0.15) is 11.5 Å². The van der Waals surface area contributed by atoms with Gasteiger partial charge in [-0.05, 0) is 181 Å². The molecule has 2 atom stereocenters. The molecule has 60 heavy (non-hydrogen) atoms. The lowest BCUT2D eigenvalue weighted by molar-refractivity contribution is 0.147. The van der Waals surface area contributed by atoms with Crippen molar-refractivity contribution in [1.29, 1.82) is 0 Å². The van der Waals surface area contributed by atoms with Crippen LogP contribution in [0, 0.1) is 13.8 Å². The summed E-state index contributed by atoms with van der Waals surface area (Å²) < 4.78 is 23.6. The first-order valence-electron chi connectivity index (χ1n) is 21.0. The number of aliphatic hydroxyl groups excluding tert-OH is 2. The van der Waals surface area contributed by atoms with Gasteiger partial charge >= 0.3 is 0 Å². The van der Waals surface area contributed by atoms with Crippen molar-refractivity contribution in [1.82, 2.24) is 25.7 Å². The molecule has 0 bridgehead atoms. The molecule has 0 amide bonds. The van der Waals surface area contributed by atoms with Gasteiger partial charge in [-0.15, -0.1) is 20.4 Å². The maximum atomic E-state index is 9.99. The quantitative estimate of drug-likeness (QED) is 0.0939. The standard InChI is InChI=1S/C25H31N3O3.C23H27N3O3/c1-5-26-25(15-29)11-10-18-6-7-20(13-21(18)14-25)24-28-27-23(31-24)19-8-9-22(17(4)12-19)30-16(2)3;1-14(2)28-20-7-6-17(10-15(20)3)21-25-26-22(29-21)18-5-4-16-8-9-23(24,13-27)12-19(16)11-18/h6-9,12-13,16,26,29H,5,10-11,14-15H2,1-4H3;4-7,10-11,14,27H,8-9,12-13,24H2,1-3H3. The summed E-state index contributed by atoms with van der Waals surface area (Å²) in [4.78, 5) is 0. The zero-order valence-corrected chi connectivity index (χ0v) is 35.8. The van der Waals surface area contributed by atoms with Gasteiger partial charge in [-0.25, -0.2) is 0 Å². The molecule has 0 fully saturated rings. The van der Waals surface area contributed by atoms with E-state index < -0.39 is 5.54 Å². The monoisotopic (exact) mass is 814 g/mol. The minimum absolute atomic E-state index is 0.0166. The van der Waals surface area contributed by atoms with Crippen molar-refractivity contribution in [2.75, 3.05) is 19.8 Å². The molecule has 8 rings (SSSR count). The third-order valence-corrected chi connectivity index (χ3v) is 11.3. The number of aliphatic hydroxyl groups is 2. The number of hydrogen-bond donors (Lipinski definition) is 4. The van der Waals surface area contributed by atoms with Gasteiger partial charge in [0.05, 0.1) is 25.4 Å². The average molecular weight is 815 g/mol. The summed E-state index contributed by atoms with van der Waals surface area (Å²) in [6.45, 7) is 15.1. The Labute approximate surface area is 352 Å². The number of hydrogen-bond acceptors (Lipinski definition) is 12. The SMILES string of the molecule is CCNC1(CO)CCc2ccc(-c3nnc(-c4ccc(OC(C)C)c(C)c4)o3)cc2C1.Cc1cc(-c2nnc(-c3ccc4c(c3)CC(N)(CO)CC4)o2)ccc1OC(C)C. The van der Waals surface area contributed by atoms with E-state index in [2.05, 4.69) is 50.8 Å². The van der Waals surface area contributed by atoms with Crippen molar-refractivity contribution in [3.05, 3.63) is 106 Å². The Hall–Kier alpha value is -5.40. The molecule has 5 N–H and O–H groups in total. The first-order chi connectivity index (χ1) is 28.8. The molecule has 12 nitrogen and oxygen atoms in total. The average Bonchev–Trinajstić information content (AvgIpc) is 3.94. The van der Waals surface area contributed by atoms with E-state index in [1.165, 1.54) is 16.7 Å². The van der Waals surface area contributed by atoms with E-state index in [0.29, 0.717) is 30.0 Å². The van der Waals surface area contributed by atoms with Crippen molar-refractivity contribution in [2.24, 2.45) is 5.73 Å². The second-order valence-corrected chi connectivity index (χ2v) is 16.9. The highest BCUT2D eigenvalue weighted by molar-refractivity contribution is 5.63. The van der Waals surface area contributed by atoms with Gasteiger partial charge in [0.15, 0.2) is 0 Å². The fourth-order valence-corrected chi connectivity index (χ4v) is 8.11. The van der Waals surface area contributed by atoms with E-state index in [-0.39, 0.29) is 31.0 Å². The van der Waals surface area contributed by atoms with Crippen LogP contribution in [-0.4, -0.2) is 73.7 Å². The van der Waals surface area contributed by atoms with Gasteiger partial charge in [-0.2, -0.15) is 0 Å². The molecule has 0 saturated carbocycles. The van der Waals surface area contributed by atoms with E-state index in [1.807, 2.05) is 96.1 Å². The third-order valence-electron chi connectivity index (χ3n) is 11.3. The van der Waals surface area contributed by atoms with Crippen LogP contribution in [0.5, 0.6) is 11.5 Å². The van der Waals surface area contributed by atoms with Crippen LogP contribution >= 0.6 is 0 Å².